The number of aliphatic hydroxyl groups is 1. The van der Waals surface area contributed by atoms with Crippen LogP contribution in [0.25, 0.3) is 0 Å². The minimum absolute atomic E-state index is 0.286. The van der Waals surface area contributed by atoms with Crippen molar-refractivity contribution in [1.82, 2.24) is 10.6 Å². The lowest BCUT2D eigenvalue weighted by molar-refractivity contribution is 0.157. The maximum atomic E-state index is 11.1. The lowest BCUT2D eigenvalue weighted by Gasteiger charge is -2.09. The average Bonchev–Trinajstić information content (AvgIpc) is 2.35. The van der Waals surface area contributed by atoms with Gasteiger partial charge in [-0.1, -0.05) is 64.7 Å². The fraction of sp³-hybridized carbons (Fsp3) is 0.933. The molecule has 0 aromatic carbocycles. The third kappa shape index (κ3) is 15.2. The molecule has 2 amide bonds. The molecule has 0 radical (unpaired) electrons. The number of hydrogen-bond acceptors (Lipinski definition) is 2. The quantitative estimate of drug-likeness (QED) is 0.376. The summed E-state index contributed by atoms with van der Waals surface area (Å²) < 4.78 is 0. The van der Waals surface area contributed by atoms with Crippen LogP contribution in [0.2, 0.25) is 0 Å². The van der Waals surface area contributed by atoms with Gasteiger partial charge in [-0.05, 0) is 13.3 Å². The van der Waals surface area contributed by atoms with Gasteiger partial charge in [0.15, 0.2) is 0 Å². The molecule has 0 fully saturated rings. The standard InChI is InChI=1S/C15H32N2O2/c1-3-4-5-6-7-8-9-10-11-12-13-16-15(19)17-14(2)18/h14,18H,3-13H2,1-2H3,(H2,16,17,19). The Morgan fingerprint density at radius 2 is 1.42 bits per heavy atom. The van der Waals surface area contributed by atoms with E-state index in [9.17, 15) is 4.79 Å². The van der Waals surface area contributed by atoms with Gasteiger partial charge in [0.1, 0.15) is 6.23 Å². The van der Waals surface area contributed by atoms with Crippen molar-refractivity contribution >= 4 is 6.03 Å². The predicted octanol–water partition coefficient (Wildman–Crippen LogP) is 3.54. The highest BCUT2D eigenvalue weighted by atomic mass is 16.3. The second-order valence-corrected chi connectivity index (χ2v) is 5.26. The second kappa shape index (κ2) is 13.7. The highest BCUT2D eigenvalue weighted by Gasteiger charge is 2.01. The van der Waals surface area contributed by atoms with Gasteiger partial charge in [0.2, 0.25) is 0 Å². The van der Waals surface area contributed by atoms with E-state index in [1.807, 2.05) is 0 Å². The normalized spacial score (nSPS) is 12.2. The Kier molecular flexibility index (Phi) is 13.1. The van der Waals surface area contributed by atoms with Crippen molar-refractivity contribution in [2.75, 3.05) is 6.54 Å². The molecule has 0 aliphatic rings. The van der Waals surface area contributed by atoms with Crippen LogP contribution in [0.3, 0.4) is 0 Å². The number of carbonyl (C=O) groups excluding carboxylic acids is 1. The van der Waals surface area contributed by atoms with Gasteiger partial charge in [-0.15, -0.1) is 0 Å². The first-order valence-corrected chi connectivity index (χ1v) is 7.89. The van der Waals surface area contributed by atoms with Crippen LogP contribution in [0.4, 0.5) is 4.79 Å². The van der Waals surface area contributed by atoms with Crippen molar-refractivity contribution in [3.63, 3.8) is 0 Å². The molecule has 0 saturated carbocycles. The van der Waals surface area contributed by atoms with Crippen molar-refractivity contribution < 1.29 is 9.90 Å². The van der Waals surface area contributed by atoms with Crippen molar-refractivity contribution in [1.29, 1.82) is 0 Å². The summed E-state index contributed by atoms with van der Waals surface area (Å²) in [4.78, 5) is 11.1. The molecule has 4 nitrogen and oxygen atoms in total. The van der Waals surface area contributed by atoms with E-state index in [1.165, 1.54) is 64.7 Å². The second-order valence-electron chi connectivity index (χ2n) is 5.26. The van der Waals surface area contributed by atoms with Crippen molar-refractivity contribution in [3.05, 3.63) is 0 Å². The lowest BCUT2D eigenvalue weighted by atomic mass is 10.1. The van der Waals surface area contributed by atoms with E-state index in [0.717, 1.165) is 6.42 Å². The summed E-state index contributed by atoms with van der Waals surface area (Å²) in [5.41, 5.74) is 0. The van der Waals surface area contributed by atoms with E-state index in [4.69, 9.17) is 5.11 Å². The van der Waals surface area contributed by atoms with Crippen molar-refractivity contribution in [2.45, 2.75) is 84.3 Å². The van der Waals surface area contributed by atoms with Crippen LogP contribution >= 0.6 is 0 Å². The first-order chi connectivity index (χ1) is 9.16. The fourth-order valence-electron chi connectivity index (χ4n) is 2.06. The van der Waals surface area contributed by atoms with Crippen LogP contribution in [0.5, 0.6) is 0 Å². The van der Waals surface area contributed by atoms with Gasteiger partial charge < -0.3 is 15.7 Å². The highest BCUT2D eigenvalue weighted by Crippen LogP contribution is 2.10. The summed E-state index contributed by atoms with van der Waals surface area (Å²) in [7, 11) is 0. The molecule has 0 saturated heterocycles. The molecule has 0 aliphatic heterocycles. The van der Waals surface area contributed by atoms with E-state index in [1.54, 1.807) is 0 Å². The first kappa shape index (κ1) is 18.2. The smallest absolute Gasteiger partial charge is 0.316 e. The summed E-state index contributed by atoms with van der Waals surface area (Å²) in [5, 5.41) is 14.0. The largest absolute Gasteiger partial charge is 0.374 e. The number of rotatable bonds is 12. The van der Waals surface area contributed by atoms with Gasteiger partial charge in [-0.3, -0.25) is 0 Å². The van der Waals surface area contributed by atoms with Gasteiger partial charge in [0.05, 0.1) is 0 Å². The molecule has 0 aliphatic carbocycles. The number of aliphatic hydroxyl groups excluding tert-OH is 1. The zero-order valence-electron chi connectivity index (χ0n) is 12.7. The summed E-state index contributed by atoms with van der Waals surface area (Å²) >= 11 is 0. The molecule has 0 spiro atoms. The van der Waals surface area contributed by atoms with Gasteiger partial charge in [0.25, 0.3) is 0 Å². The lowest BCUT2D eigenvalue weighted by Crippen LogP contribution is -2.40. The number of urea groups is 1. The maximum Gasteiger partial charge on any atom is 0.316 e. The maximum absolute atomic E-state index is 11.1. The molecule has 19 heavy (non-hydrogen) atoms. The Bertz CT molecular complexity index is 208. The zero-order chi connectivity index (χ0) is 14.3. The van der Waals surface area contributed by atoms with Crippen molar-refractivity contribution in [2.24, 2.45) is 0 Å². The molecule has 114 valence electrons. The van der Waals surface area contributed by atoms with Gasteiger partial charge in [0, 0.05) is 6.54 Å². The molecule has 0 aromatic heterocycles. The summed E-state index contributed by atoms with van der Waals surface area (Å²) in [6, 6.07) is -0.286. The summed E-state index contributed by atoms with van der Waals surface area (Å²) in [6.45, 7) is 4.46. The van der Waals surface area contributed by atoms with E-state index < -0.39 is 6.23 Å². The van der Waals surface area contributed by atoms with Gasteiger partial charge in [-0.25, -0.2) is 4.79 Å². The van der Waals surface area contributed by atoms with Crippen LogP contribution in [0, 0.1) is 0 Å². The Morgan fingerprint density at radius 3 is 1.89 bits per heavy atom. The molecule has 0 aromatic rings. The summed E-state index contributed by atoms with van der Waals surface area (Å²) in [5.74, 6) is 0. The number of unbranched alkanes of at least 4 members (excludes halogenated alkanes) is 9. The molecule has 4 heteroatoms. The van der Waals surface area contributed by atoms with Gasteiger partial charge >= 0.3 is 6.03 Å². The topological polar surface area (TPSA) is 61.4 Å². The Morgan fingerprint density at radius 1 is 0.947 bits per heavy atom. The molecular weight excluding hydrogens is 240 g/mol. The molecule has 0 heterocycles. The van der Waals surface area contributed by atoms with E-state index in [2.05, 4.69) is 17.6 Å². The Hall–Kier alpha value is -0.770. The SMILES string of the molecule is CCCCCCCCCCCCNC(=O)NC(C)O. The van der Waals surface area contributed by atoms with Crippen LogP contribution in [-0.2, 0) is 0 Å². The molecular formula is C15H32N2O2. The molecule has 0 bridgehead atoms. The first-order valence-electron chi connectivity index (χ1n) is 7.89. The number of hydrogen-bond donors (Lipinski definition) is 3. The number of amides is 2. The average molecular weight is 272 g/mol. The molecule has 1 atom stereocenters. The minimum Gasteiger partial charge on any atom is -0.374 e. The Labute approximate surface area is 118 Å². The number of nitrogens with one attached hydrogen (secondary N) is 2. The molecule has 0 rings (SSSR count). The van der Waals surface area contributed by atoms with Crippen LogP contribution in [-0.4, -0.2) is 23.9 Å². The molecule has 3 N–H and O–H groups in total. The number of carbonyl (C=O) groups is 1. The van der Waals surface area contributed by atoms with Crippen LogP contribution in [0.1, 0.15) is 78.1 Å². The van der Waals surface area contributed by atoms with Crippen LogP contribution < -0.4 is 10.6 Å². The Balaban J connectivity index is 3.08. The molecule has 1 unspecified atom stereocenters. The van der Waals surface area contributed by atoms with E-state index >= 15 is 0 Å². The van der Waals surface area contributed by atoms with Crippen molar-refractivity contribution in [3.8, 4) is 0 Å². The summed E-state index contributed by atoms with van der Waals surface area (Å²) in [6.07, 6.45) is 12.2. The zero-order valence-corrected chi connectivity index (χ0v) is 12.7. The third-order valence-electron chi connectivity index (χ3n) is 3.16. The van der Waals surface area contributed by atoms with Gasteiger partial charge in [-0.2, -0.15) is 0 Å². The predicted molar refractivity (Wildman–Crippen MR) is 80.1 cm³/mol. The van der Waals surface area contributed by atoms with Crippen LogP contribution in [0.15, 0.2) is 0 Å². The third-order valence-corrected chi connectivity index (χ3v) is 3.16. The van der Waals surface area contributed by atoms with E-state index in [-0.39, 0.29) is 6.03 Å². The van der Waals surface area contributed by atoms with E-state index in [0.29, 0.717) is 6.54 Å². The fourth-order valence-corrected chi connectivity index (χ4v) is 2.06. The minimum atomic E-state index is -0.785. The monoisotopic (exact) mass is 272 g/mol. The highest BCUT2D eigenvalue weighted by molar-refractivity contribution is 5.73.